The second-order valence-electron chi connectivity index (χ2n) is 18.2. The number of alkyl halides is 2. The van der Waals surface area contributed by atoms with E-state index in [-0.39, 0.29) is 31.0 Å². The van der Waals surface area contributed by atoms with Crippen LogP contribution in [0.4, 0.5) is 19.8 Å². The molecule has 0 aliphatic rings. The summed E-state index contributed by atoms with van der Waals surface area (Å²) in [7, 11) is 5.77. The highest BCUT2D eigenvalue weighted by molar-refractivity contribution is 7.31. The van der Waals surface area contributed by atoms with Gasteiger partial charge in [0, 0.05) is 110 Å². The predicted molar refractivity (Wildman–Crippen MR) is 351 cm³/mol. The van der Waals surface area contributed by atoms with E-state index in [4.69, 9.17) is 83.6 Å². The number of anilines is 3. The molecule has 0 radical (unpaired) electrons. The van der Waals surface area contributed by atoms with Crippen LogP contribution >= 0.6 is 91.2 Å². The van der Waals surface area contributed by atoms with Crippen LogP contribution in [0.2, 0.25) is 0 Å². The second-order valence-corrected chi connectivity index (χ2v) is 25.5. The van der Waals surface area contributed by atoms with Gasteiger partial charge in [0.05, 0.1) is 79.3 Å². The molecule has 0 aromatic carbocycles. The van der Waals surface area contributed by atoms with Crippen LogP contribution in [0.25, 0.3) is 40.4 Å². The van der Waals surface area contributed by atoms with Crippen molar-refractivity contribution in [3.05, 3.63) is 62.2 Å². The first-order chi connectivity index (χ1) is 41.1. The zero-order valence-corrected chi connectivity index (χ0v) is 54.5. The third kappa shape index (κ3) is 29.5. The number of carbonyl (C=O) groups excluding carboxylic acids is 2. The number of ether oxygens (including phenoxy) is 5. The zero-order valence-electron chi connectivity index (χ0n) is 48.1. The number of aldehydes is 1. The maximum atomic E-state index is 11.8. The highest BCUT2D eigenvalue weighted by Gasteiger charge is 2.15. The van der Waals surface area contributed by atoms with Crippen molar-refractivity contribution in [2.75, 3.05) is 153 Å². The summed E-state index contributed by atoms with van der Waals surface area (Å²) in [4.78, 5) is 52.4. The van der Waals surface area contributed by atoms with E-state index >= 15 is 0 Å². The van der Waals surface area contributed by atoms with Crippen LogP contribution < -0.4 is 25.8 Å². The van der Waals surface area contributed by atoms with Crippen molar-refractivity contribution in [1.29, 1.82) is 10.5 Å². The number of carbonyl (C=O) groups is 4. The fourth-order valence-corrected chi connectivity index (χ4v) is 14.3. The van der Waals surface area contributed by atoms with Crippen molar-refractivity contribution in [2.45, 2.75) is 51.4 Å². The number of aliphatic carboxylic acids is 2. The zero-order chi connectivity index (χ0) is 62.2. The van der Waals surface area contributed by atoms with Gasteiger partial charge in [-0.2, -0.15) is 10.5 Å². The van der Waals surface area contributed by atoms with E-state index < -0.39 is 18.0 Å². The van der Waals surface area contributed by atoms with Crippen molar-refractivity contribution in [2.24, 2.45) is 5.73 Å². The number of likely N-dealkylation sites (N-methyl/N-ethyl adjacent to an activating group) is 3. The molecule has 0 atom stereocenters. The molecule has 6 aromatic rings. The number of thiophene rings is 6. The fourth-order valence-electron chi connectivity index (χ4n) is 7.07. The normalized spacial score (nSPS) is 11.2. The monoisotopic (exact) mass is 1330 g/mol. The Kier molecular flexibility index (Phi) is 38.8. The van der Waals surface area contributed by atoms with E-state index in [0.717, 1.165) is 122 Å². The minimum absolute atomic E-state index is 0.0974. The summed E-state index contributed by atoms with van der Waals surface area (Å²) >= 11 is 20.3. The van der Waals surface area contributed by atoms with Crippen LogP contribution in [0.5, 0.6) is 0 Å². The summed E-state index contributed by atoms with van der Waals surface area (Å²) < 4.78 is 33.0. The largest absolute Gasteiger partial charge is 0.477 e. The molecule has 20 nitrogen and oxygen atoms in total. The highest BCUT2D eigenvalue weighted by atomic mass is 35.5. The third-order valence-corrected chi connectivity index (χ3v) is 19.1. The summed E-state index contributed by atoms with van der Waals surface area (Å²) in [5, 5.41) is 59.0. The molecule has 6 rings (SSSR count). The standard InChI is InChI=1S/C24H32ClN3O6S2.C13H12N2O3S2.C10H22ClNO2.C10H11NO2S2/c1-28(22-16-21-20(36-22)15-19(35-21)14-18(17-26)23(29)30)8-11-34-24(31)27-7-10-33-13-12-32-9-5-3-2-4-6-25;1-15(2-3-16)12-6-11-10(20-12)5-9(19-11)4-8(7-14)13(17)18;11-5-3-1-2-4-7-13-9-10-14-8-6-12;1-11(2-3-12)10-5-9-8(15-10)4-7(6-13)14-9/h14-16H,2-13H2,1H3,(H,27,31)(H,29,30);4-6,16H,2-3H2,1H3,(H,17,18);1-10,12H2;4-6,12H,2-3H2,1H3/b18-14+;8-4+;;. The van der Waals surface area contributed by atoms with Gasteiger partial charge in [-0.05, 0) is 74.2 Å². The van der Waals surface area contributed by atoms with Crippen molar-refractivity contribution in [3.63, 3.8) is 0 Å². The van der Waals surface area contributed by atoms with Crippen LogP contribution in [0.15, 0.2) is 47.5 Å². The van der Waals surface area contributed by atoms with Gasteiger partial charge in [-0.3, -0.25) is 4.79 Å². The number of alkyl carbamates (subject to hydrolysis) is 1. The summed E-state index contributed by atoms with van der Waals surface area (Å²) in [6, 6.07) is 15.1. The lowest BCUT2D eigenvalue weighted by molar-refractivity contribution is -0.133. The lowest BCUT2D eigenvalue weighted by atomic mass is 10.2. The molecule has 0 aliphatic carbocycles. The van der Waals surface area contributed by atoms with Crippen molar-refractivity contribution in [1.82, 2.24) is 5.32 Å². The number of aliphatic hydroxyl groups excluding tert-OH is 2. The molecule has 7 N–H and O–H groups in total. The van der Waals surface area contributed by atoms with Gasteiger partial charge in [0.1, 0.15) is 29.9 Å². The van der Waals surface area contributed by atoms with E-state index in [1.165, 1.54) is 59.0 Å². The summed E-state index contributed by atoms with van der Waals surface area (Å²) in [6.45, 7) is 8.06. The maximum absolute atomic E-state index is 11.8. The lowest BCUT2D eigenvalue weighted by Gasteiger charge is -2.16. The Bertz CT molecular complexity index is 2930. The number of fused-ring (bicyclic) bond motifs is 3. The van der Waals surface area contributed by atoms with Gasteiger partial charge in [-0.25, -0.2) is 14.4 Å². The quantitative estimate of drug-likeness (QED) is 0.00690. The number of nitrogens with two attached hydrogens (primary N) is 1. The number of hydrogen-bond donors (Lipinski definition) is 6. The minimum Gasteiger partial charge on any atom is -0.477 e. The third-order valence-electron chi connectivity index (χ3n) is 11.6. The molecule has 0 fully saturated rings. The van der Waals surface area contributed by atoms with Crippen molar-refractivity contribution in [3.8, 4) is 12.1 Å². The molecule has 1 amide bonds. The Morgan fingerprint density at radius 1 is 0.541 bits per heavy atom. The first kappa shape index (κ1) is 74.3. The molecule has 6 heterocycles. The van der Waals surface area contributed by atoms with Gasteiger partial charge in [0.2, 0.25) is 0 Å². The van der Waals surface area contributed by atoms with Crippen LogP contribution in [0.3, 0.4) is 0 Å². The molecule has 0 bridgehead atoms. The molecule has 0 saturated heterocycles. The number of carboxylic acids is 2. The summed E-state index contributed by atoms with van der Waals surface area (Å²) in [6.07, 6.45) is 12.1. The topological polar surface area (TPSA) is 291 Å². The first-order valence-electron chi connectivity index (χ1n) is 27.3. The van der Waals surface area contributed by atoms with Gasteiger partial charge >= 0.3 is 18.0 Å². The number of carboxylic acid groups (broad SMARTS) is 2. The molecule has 0 unspecified atom stereocenters. The number of nitriles is 2. The predicted octanol–water partition coefficient (Wildman–Crippen LogP) is 11.3. The van der Waals surface area contributed by atoms with E-state index in [1.54, 1.807) is 46.1 Å². The lowest BCUT2D eigenvalue weighted by Crippen LogP contribution is -2.31. The van der Waals surface area contributed by atoms with Crippen LogP contribution in [-0.2, 0) is 33.3 Å². The SMILES string of the molecule is CN(CCO)c1cc2sc(/C=C(\C#N)C(=O)O)cc2s1.CN(CCO)c1cc2sc(C=O)cc2s1.CN(CCOC(=O)NCCOCCOCCCCCCCl)c1cc2sc(/C=C(\C#N)C(=O)O)cc2s1.NCCOCCOCCCCCCCl. The summed E-state index contributed by atoms with van der Waals surface area (Å²) in [5.41, 5.74) is 4.70. The number of halogens is 2. The number of unbranched alkanes of at least 4 members (excludes halogenated alkanes) is 6. The van der Waals surface area contributed by atoms with Gasteiger partial charge < -0.3 is 69.9 Å². The first-order valence-corrected chi connectivity index (χ1v) is 33.3. The minimum atomic E-state index is -1.24. The Morgan fingerprint density at radius 2 is 0.918 bits per heavy atom. The van der Waals surface area contributed by atoms with Gasteiger partial charge in [-0.15, -0.1) is 91.2 Å². The van der Waals surface area contributed by atoms with E-state index in [2.05, 4.69) is 11.4 Å². The Labute approximate surface area is 530 Å². The fraction of sp³-hybridized carbons (Fsp3) is 0.509. The average Bonchev–Trinajstić information content (AvgIpc) is 2.65. The highest BCUT2D eigenvalue weighted by Crippen LogP contribution is 2.40. The number of rotatable bonds is 38. The molecule has 6 aromatic heterocycles. The van der Waals surface area contributed by atoms with Crippen molar-refractivity contribution < 1.29 is 63.3 Å². The van der Waals surface area contributed by atoms with Gasteiger partial charge in [0.15, 0.2) is 6.29 Å². The van der Waals surface area contributed by atoms with E-state index in [9.17, 15) is 19.2 Å². The molecule has 0 aliphatic heterocycles. The van der Waals surface area contributed by atoms with Crippen LogP contribution in [0, 0.1) is 22.7 Å². The number of amides is 1. The average molecular weight is 1330 g/mol. The van der Waals surface area contributed by atoms with Crippen molar-refractivity contribution >= 4 is 171 Å². The number of nitrogens with zero attached hydrogens (tertiary/aromatic N) is 5. The molecule has 28 heteroatoms. The smallest absolute Gasteiger partial charge is 0.407 e. The molecule has 85 heavy (non-hydrogen) atoms. The van der Waals surface area contributed by atoms with E-state index in [0.29, 0.717) is 78.2 Å². The van der Waals surface area contributed by atoms with Gasteiger partial charge in [0.25, 0.3) is 0 Å². The molecule has 468 valence electrons. The van der Waals surface area contributed by atoms with Crippen LogP contribution in [0.1, 0.15) is 70.8 Å². The number of aliphatic hydroxyl groups is 2. The molecule has 0 saturated carbocycles. The Morgan fingerprint density at radius 3 is 1.29 bits per heavy atom. The molecular formula is C57H77Cl2N7O13S6. The van der Waals surface area contributed by atoms with Gasteiger partial charge in [-0.1, -0.05) is 25.7 Å². The maximum Gasteiger partial charge on any atom is 0.407 e. The Hall–Kier alpha value is -4.98. The number of nitrogens with one attached hydrogen (secondary N) is 1. The molecule has 0 spiro atoms. The van der Waals surface area contributed by atoms with E-state index in [1.807, 2.05) is 66.2 Å². The number of hydrogen-bond acceptors (Lipinski definition) is 23. The summed E-state index contributed by atoms with van der Waals surface area (Å²) in [5.74, 6) is -0.968. The second kappa shape index (κ2) is 44.5. The Balaban J connectivity index is 0.000000324. The molecular weight excluding hydrogens is 1250 g/mol. The van der Waals surface area contributed by atoms with Crippen LogP contribution in [-0.4, -0.2) is 183 Å².